The molecule has 7 nitrogen and oxygen atoms in total. The molecule has 9 heteroatoms. The summed E-state index contributed by atoms with van der Waals surface area (Å²) < 4.78 is 55.6. The zero-order chi connectivity index (χ0) is 21.2. The Hall–Kier alpha value is -2.39. The molecule has 1 saturated heterocycles. The number of carbonyl (C=O) groups is 1. The first-order valence-corrected chi connectivity index (χ1v) is 12.5. The Morgan fingerprint density at radius 1 is 0.931 bits per heavy atom. The summed E-state index contributed by atoms with van der Waals surface area (Å²) in [5.41, 5.74) is 1.03. The Morgan fingerprint density at radius 2 is 1.52 bits per heavy atom. The van der Waals surface area contributed by atoms with Crippen LogP contribution in [-0.4, -0.2) is 59.8 Å². The van der Waals surface area contributed by atoms with Crippen LogP contribution in [0.15, 0.2) is 59.5 Å². The highest BCUT2D eigenvalue weighted by molar-refractivity contribution is 7.92. The predicted molar refractivity (Wildman–Crippen MR) is 111 cm³/mol. The molecular weight excluding hydrogens is 414 g/mol. The lowest BCUT2D eigenvalue weighted by Crippen LogP contribution is -2.51. The fraction of sp³-hybridized carbons (Fsp3) is 0.350. The third kappa shape index (κ3) is 4.62. The number of hydrogen-bond acceptors (Lipinski definition) is 7. The second-order valence-corrected chi connectivity index (χ2v) is 11.7. The molecule has 0 N–H and O–H groups in total. The third-order valence-electron chi connectivity index (χ3n) is 5.14. The van der Waals surface area contributed by atoms with Gasteiger partial charge in [-0.25, -0.2) is 21.6 Å². The molecule has 0 amide bonds. The number of anilines is 1. The van der Waals surface area contributed by atoms with Crippen LogP contribution < -0.4 is 4.90 Å². The lowest BCUT2D eigenvalue weighted by atomic mass is 10.1. The van der Waals surface area contributed by atoms with E-state index < -0.39 is 36.1 Å². The number of carbonyl (C=O) groups excluding carboxylic acids is 1. The van der Waals surface area contributed by atoms with Crippen molar-refractivity contribution in [1.82, 2.24) is 0 Å². The number of hydrogen-bond donors (Lipinski definition) is 0. The van der Waals surface area contributed by atoms with E-state index in [0.29, 0.717) is 0 Å². The van der Waals surface area contributed by atoms with Crippen molar-refractivity contribution in [2.24, 2.45) is 0 Å². The lowest BCUT2D eigenvalue weighted by Gasteiger charge is -2.38. The second-order valence-electron chi connectivity index (χ2n) is 7.11. The van der Waals surface area contributed by atoms with E-state index in [1.54, 1.807) is 4.90 Å². The van der Waals surface area contributed by atoms with Crippen LogP contribution in [0.3, 0.4) is 0 Å². The predicted octanol–water partition coefficient (Wildman–Crippen LogP) is 1.94. The highest BCUT2D eigenvalue weighted by atomic mass is 32.2. The monoisotopic (exact) mass is 437 g/mol. The van der Waals surface area contributed by atoms with E-state index in [0.717, 1.165) is 11.9 Å². The van der Waals surface area contributed by atoms with Gasteiger partial charge in [-0.1, -0.05) is 18.2 Å². The van der Waals surface area contributed by atoms with Gasteiger partial charge in [-0.05, 0) is 42.8 Å². The van der Waals surface area contributed by atoms with Gasteiger partial charge in [-0.3, -0.25) is 0 Å². The van der Waals surface area contributed by atoms with Crippen LogP contribution in [-0.2, 0) is 24.4 Å². The highest BCUT2D eigenvalue weighted by Crippen LogP contribution is 2.29. The smallest absolute Gasteiger partial charge is 0.337 e. The van der Waals surface area contributed by atoms with E-state index in [1.807, 2.05) is 30.3 Å². The normalized spacial score (nSPS) is 20.3. The molecule has 1 aliphatic heterocycles. The van der Waals surface area contributed by atoms with E-state index >= 15 is 0 Å². The molecule has 0 aliphatic carbocycles. The minimum Gasteiger partial charge on any atom is -0.465 e. The summed E-state index contributed by atoms with van der Waals surface area (Å²) in [6.45, 7) is 0.438. The molecule has 156 valence electrons. The van der Waals surface area contributed by atoms with Gasteiger partial charge in [-0.2, -0.15) is 0 Å². The van der Waals surface area contributed by atoms with Crippen LogP contribution >= 0.6 is 0 Å². The first kappa shape index (κ1) is 21.3. The van der Waals surface area contributed by atoms with Crippen molar-refractivity contribution in [3.05, 3.63) is 60.2 Å². The van der Waals surface area contributed by atoms with Gasteiger partial charge in [0.05, 0.1) is 28.1 Å². The first-order chi connectivity index (χ1) is 13.6. The molecule has 0 radical (unpaired) electrons. The molecule has 29 heavy (non-hydrogen) atoms. The number of sulfone groups is 2. The van der Waals surface area contributed by atoms with E-state index in [-0.39, 0.29) is 30.0 Å². The van der Waals surface area contributed by atoms with Crippen molar-refractivity contribution in [1.29, 1.82) is 0 Å². The van der Waals surface area contributed by atoms with Crippen molar-refractivity contribution in [3.8, 4) is 0 Å². The summed E-state index contributed by atoms with van der Waals surface area (Å²) in [6, 6.07) is 14.7. The van der Waals surface area contributed by atoms with Crippen LogP contribution in [0.1, 0.15) is 16.8 Å². The molecule has 0 bridgehead atoms. The number of para-hydroxylation sites is 1. The number of nitrogens with zero attached hydrogens (tertiary/aromatic N) is 1. The van der Waals surface area contributed by atoms with Crippen LogP contribution in [0, 0.1) is 0 Å². The SMILES string of the molecule is COC(=O)c1ccc(S(=O)(=O)[C@@H]2C[C@H](S(C)(=O)=O)CN(c3ccccc3)C2)cc1. The van der Waals surface area contributed by atoms with Gasteiger partial charge in [0.25, 0.3) is 0 Å². The molecule has 1 heterocycles. The van der Waals surface area contributed by atoms with Crippen molar-refractivity contribution in [3.63, 3.8) is 0 Å². The second kappa shape index (κ2) is 8.16. The van der Waals surface area contributed by atoms with E-state index in [9.17, 15) is 21.6 Å². The van der Waals surface area contributed by atoms with Crippen molar-refractivity contribution in [2.75, 3.05) is 31.4 Å². The minimum absolute atomic E-state index is 0.0310. The van der Waals surface area contributed by atoms with E-state index in [4.69, 9.17) is 0 Å². The molecule has 2 aromatic carbocycles. The quantitative estimate of drug-likeness (QED) is 0.659. The fourth-order valence-corrected chi connectivity index (χ4v) is 6.40. The zero-order valence-electron chi connectivity index (χ0n) is 16.2. The number of rotatable bonds is 5. The van der Waals surface area contributed by atoms with Crippen molar-refractivity contribution >= 4 is 31.3 Å². The summed E-state index contributed by atoms with van der Waals surface area (Å²) in [5, 5.41) is -1.68. The molecule has 0 spiro atoms. The Bertz CT molecular complexity index is 1080. The van der Waals surface area contributed by atoms with Gasteiger partial charge >= 0.3 is 5.97 Å². The first-order valence-electron chi connectivity index (χ1n) is 9.04. The number of piperidine rings is 1. The summed E-state index contributed by atoms with van der Waals surface area (Å²) in [7, 11) is -5.99. The molecule has 0 unspecified atom stereocenters. The largest absolute Gasteiger partial charge is 0.465 e. The average molecular weight is 438 g/mol. The Balaban J connectivity index is 1.95. The Morgan fingerprint density at radius 3 is 2.07 bits per heavy atom. The Labute approximate surface area is 171 Å². The maximum Gasteiger partial charge on any atom is 0.337 e. The standard InChI is InChI=1S/C20H23NO6S2/c1-27-20(22)15-8-10-17(11-9-15)29(25,26)19-12-18(28(2,23)24)13-21(14-19)16-6-4-3-5-7-16/h3-11,18-19H,12-14H2,1-2H3/t18-,19+/m0/s1. The zero-order valence-corrected chi connectivity index (χ0v) is 17.8. The van der Waals surface area contributed by atoms with E-state index in [2.05, 4.69) is 4.74 Å². The maximum atomic E-state index is 13.2. The van der Waals surface area contributed by atoms with E-state index in [1.165, 1.54) is 31.4 Å². The molecular formula is C20H23NO6S2. The number of methoxy groups -OCH3 is 1. The summed E-state index contributed by atoms with van der Waals surface area (Å²) in [4.78, 5) is 13.4. The van der Waals surface area contributed by atoms with Crippen molar-refractivity contribution in [2.45, 2.75) is 21.8 Å². The fourth-order valence-electron chi connectivity index (χ4n) is 3.48. The van der Waals surface area contributed by atoms with Gasteiger partial charge in [0.1, 0.15) is 0 Å². The molecule has 1 aliphatic rings. The van der Waals surface area contributed by atoms with Crippen LogP contribution in [0.25, 0.3) is 0 Å². The molecule has 0 saturated carbocycles. The van der Waals surface area contributed by atoms with Gasteiger partial charge in [0.15, 0.2) is 19.7 Å². The minimum atomic E-state index is -3.80. The molecule has 2 atom stereocenters. The molecule has 0 aromatic heterocycles. The molecule has 2 aromatic rings. The number of benzene rings is 2. The van der Waals surface area contributed by atoms with Gasteiger partial charge in [0.2, 0.25) is 0 Å². The third-order valence-corrected chi connectivity index (χ3v) is 8.84. The molecule has 1 fully saturated rings. The highest BCUT2D eigenvalue weighted by Gasteiger charge is 2.40. The maximum absolute atomic E-state index is 13.2. The van der Waals surface area contributed by atoms with Crippen molar-refractivity contribution < 1.29 is 26.4 Å². The topological polar surface area (TPSA) is 97.8 Å². The Kier molecular flexibility index (Phi) is 6.00. The lowest BCUT2D eigenvalue weighted by molar-refractivity contribution is 0.0600. The van der Waals surface area contributed by atoms with Crippen LogP contribution in [0.4, 0.5) is 5.69 Å². The average Bonchev–Trinajstić information content (AvgIpc) is 2.73. The van der Waals surface area contributed by atoms with Crippen LogP contribution in [0.5, 0.6) is 0 Å². The summed E-state index contributed by atoms with van der Waals surface area (Å²) >= 11 is 0. The van der Waals surface area contributed by atoms with Gasteiger partial charge < -0.3 is 9.64 Å². The number of ether oxygens (including phenoxy) is 1. The van der Waals surface area contributed by atoms with Gasteiger partial charge in [-0.15, -0.1) is 0 Å². The summed E-state index contributed by atoms with van der Waals surface area (Å²) in [5.74, 6) is -0.556. The summed E-state index contributed by atoms with van der Waals surface area (Å²) in [6.07, 6.45) is 1.17. The van der Waals surface area contributed by atoms with Gasteiger partial charge in [0, 0.05) is 25.0 Å². The van der Waals surface area contributed by atoms with Crippen LogP contribution in [0.2, 0.25) is 0 Å². The number of esters is 1. The molecule has 3 rings (SSSR count).